The fraction of sp³-hybridized carbons (Fsp3) is 0.231. The number of nitrogens with one attached hydrogen (secondary N) is 1. The van der Waals surface area contributed by atoms with Crippen LogP contribution in [0.4, 0.5) is 5.69 Å². The molecule has 0 aliphatic heterocycles. The molecule has 1 aliphatic rings. The van der Waals surface area contributed by atoms with Crippen LogP contribution in [0.2, 0.25) is 0 Å². The van der Waals surface area contributed by atoms with Gasteiger partial charge in [-0.2, -0.15) is 5.26 Å². The van der Waals surface area contributed by atoms with Crippen molar-refractivity contribution >= 4 is 11.7 Å². The van der Waals surface area contributed by atoms with E-state index in [1.165, 1.54) is 0 Å². The molecule has 0 heterocycles. The van der Waals surface area contributed by atoms with E-state index >= 15 is 0 Å². The summed E-state index contributed by atoms with van der Waals surface area (Å²) >= 11 is 0. The summed E-state index contributed by atoms with van der Waals surface area (Å²) in [4.78, 5) is 10.8. The van der Waals surface area contributed by atoms with Crippen LogP contribution < -0.4 is 5.32 Å². The van der Waals surface area contributed by atoms with E-state index in [0.29, 0.717) is 12.0 Å². The van der Waals surface area contributed by atoms with Gasteiger partial charge >= 0.3 is 5.97 Å². The first-order chi connectivity index (χ1) is 8.20. The van der Waals surface area contributed by atoms with Crippen molar-refractivity contribution < 1.29 is 9.90 Å². The average molecular weight is 228 g/mol. The van der Waals surface area contributed by atoms with Crippen LogP contribution in [0.1, 0.15) is 12.0 Å². The second-order valence-electron chi connectivity index (χ2n) is 3.97. The van der Waals surface area contributed by atoms with E-state index in [4.69, 9.17) is 10.4 Å². The van der Waals surface area contributed by atoms with Gasteiger partial charge in [0.1, 0.15) is 6.07 Å². The van der Waals surface area contributed by atoms with Crippen LogP contribution in [-0.4, -0.2) is 17.1 Å². The van der Waals surface area contributed by atoms with E-state index in [1.54, 1.807) is 18.2 Å². The number of anilines is 1. The van der Waals surface area contributed by atoms with Gasteiger partial charge in [-0.15, -0.1) is 0 Å². The molecule has 4 heteroatoms. The van der Waals surface area contributed by atoms with E-state index in [1.807, 2.05) is 18.2 Å². The first-order valence-corrected chi connectivity index (χ1v) is 5.37. The molecule has 0 spiro atoms. The van der Waals surface area contributed by atoms with Crippen molar-refractivity contribution in [2.24, 2.45) is 5.92 Å². The van der Waals surface area contributed by atoms with Crippen molar-refractivity contribution in [1.82, 2.24) is 0 Å². The zero-order valence-electron chi connectivity index (χ0n) is 9.13. The maximum atomic E-state index is 10.8. The van der Waals surface area contributed by atoms with Gasteiger partial charge < -0.3 is 10.4 Å². The number of para-hydroxylation sites is 1. The van der Waals surface area contributed by atoms with Crippen LogP contribution in [-0.2, 0) is 4.79 Å². The molecule has 2 atom stereocenters. The minimum absolute atomic E-state index is 0.0226. The Morgan fingerprint density at radius 3 is 2.82 bits per heavy atom. The van der Waals surface area contributed by atoms with Crippen LogP contribution >= 0.6 is 0 Å². The lowest BCUT2D eigenvalue weighted by molar-refractivity contribution is -0.140. The molecule has 86 valence electrons. The lowest BCUT2D eigenvalue weighted by atomic mass is 10.1. The number of nitriles is 1. The van der Waals surface area contributed by atoms with Gasteiger partial charge in [0.15, 0.2) is 0 Å². The predicted octanol–water partition coefficient (Wildman–Crippen LogP) is 2.00. The van der Waals surface area contributed by atoms with Crippen LogP contribution in [0.5, 0.6) is 0 Å². The Morgan fingerprint density at radius 1 is 1.41 bits per heavy atom. The normalized spacial score (nSPS) is 22.1. The summed E-state index contributed by atoms with van der Waals surface area (Å²) in [6.07, 6.45) is 4.05. The third kappa shape index (κ3) is 2.45. The fourth-order valence-corrected chi connectivity index (χ4v) is 1.90. The highest BCUT2D eigenvalue weighted by atomic mass is 16.4. The van der Waals surface area contributed by atoms with Crippen molar-refractivity contribution in [2.75, 3.05) is 5.32 Å². The largest absolute Gasteiger partial charge is 0.481 e. The molecule has 0 bridgehead atoms. The second-order valence-corrected chi connectivity index (χ2v) is 3.97. The van der Waals surface area contributed by atoms with E-state index in [2.05, 4.69) is 11.4 Å². The fourth-order valence-electron chi connectivity index (χ4n) is 1.90. The highest BCUT2D eigenvalue weighted by Gasteiger charge is 2.24. The summed E-state index contributed by atoms with van der Waals surface area (Å²) in [5, 5.41) is 21.0. The van der Waals surface area contributed by atoms with Crippen molar-refractivity contribution in [3.05, 3.63) is 42.0 Å². The van der Waals surface area contributed by atoms with Crippen LogP contribution in [0.15, 0.2) is 36.4 Å². The molecule has 0 radical (unpaired) electrons. The molecule has 1 aromatic carbocycles. The Bertz CT molecular complexity index is 502. The number of carbonyl (C=O) groups is 1. The number of hydrogen-bond donors (Lipinski definition) is 2. The first kappa shape index (κ1) is 11.2. The van der Waals surface area contributed by atoms with Gasteiger partial charge in [-0.1, -0.05) is 24.3 Å². The molecule has 2 rings (SSSR count). The van der Waals surface area contributed by atoms with Crippen LogP contribution in [0.3, 0.4) is 0 Å². The molecule has 2 unspecified atom stereocenters. The Kier molecular flexibility index (Phi) is 3.10. The number of carboxylic acids is 1. The smallest absolute Gasteiger partial charge is 0.310 e. The molecule has 0 amide bonds. The van der Waals surface area contributed by atoms with E-state index in [-0.39, 0.29) is 6.04 Å². The molecule has 1 aromatic rings. The number of hydrogen-bond acceptors (Lipinski definition) is 3. The minimum atomic E-state index is -0.806. The maximum absolute atomic E-state index is 10.8. The number of aliphatic carboxylic acids is 1. The summed E-state index contributed by atoms with van der Waals surface area (Å²) in [7, 11) is 0. The average Bonchev–Trinajstić information content (AvgIpc) is 2.78. The van der Waals surface area contributed by atoms with Gasteiger partial charge in [0.25, 0.3) is 0 Å². The van der Waals surface area contributed by atoms with Crippen molar-refractivity contribution in [2.45, 2.75) is 12.5 Å². The van der Waals surface area contributed by atoms with Crippen LogP contribution in [0.25, 0.3) is 0 Å². The molecule has 0 saturated carbocycles. The highest BCUT2D eigenvalue weighted by molar-refractivity contribution is 5.73. The summed E-state index contributed by atoms with van der Waals surface area (Å²) in [6.45, 7) is 0. The molecule has 0 saturated heterocycles. The van der Waals surface area contributed by atoms with Gasteiger partial charge in [-0.05, 0) is 18.6 Å². The zero-order chi connectivity index (χ0) is 12.3. The summed E-state index contributed by atoms with van der Waals surface area (Å²) < 4.78 is 0. The van der Waals surface area contributed by atoms with Gasteiger partial charge in [0, 0.05) is 6.04 Å². The molecular formula is C13H12N2O2. The van der Waals surface area contributed by atoms with Gasteiger partial charge in [-0.3, -0.25) is 4.79 Å². The quantitative estimate of drug-likeness (QED) is 0.776. The molecule has 2 N–H and O–H groups in total. The Labute approximate surface area is 99.2 Å². The maximum Gasteiger partial charge on any atom is 0.310 e. The number of benzene rings is 1. The first-order valence-electron chi connectivity index (χ1n) is 5.37. The highest BCUT2D eigenvalue weighted by Crippen LogP contribution is 2.23. The molecule has 4 nitrogen and oxygen atoms in total. The Morgan fingerprint density at radius 2 is 2.18 bits per heavy atom. The van der Waals surface area contributed by atoms with E-state index in [0.717, 1.165) is 5.69 Å². The van der Waals surface area contributed by atoms with E-state index < -0.39 is 11.9 Å². The third-order valence-electron chi connectivity index (χ3n) is 2.79. The van der Waals surface area contributed by atoms with Gasteiger partial charge in [0.2, 0.25) is 0 Å². The summed E-state index contributed by atoms with van der Waals surface area (Å²) in [5.41, 5.74) is 1.32. The second kappa shape index (κ2) is 4.71. The SMILES string of the molecule is N#Cc1ccccc1NC1C=CC(C(=O)O)C1. The van der Waals surface area contributed by atoms with E-state index in [9.17, 15) is 4.79 Å². The lowest BCUT2D eigenvalue weighted by Gasteiger charge is -2.14. The van der Waals surface area contributed by atoms with Crippen LogP contribution in [0, 0.1) is 17.2 Å². The predicted molar refractivity (Wildman–Crippen MR) is 63.5 cm³/mol. The molecule has 1 aliphatic carbocycles. The summed E-state index contributed by atoms with van der Waals surface area (Å²) in [5.74, 6) is -1.24. The number of carboxylic acid groups (broad SMARTS) is 1. The third-order valence-corrected chi connectivity index (χ3v) is 2.79. The Balaban J connectivity index is 2.06. The molecule has 17 heavy (non-hydrogen) atoms. The lowest BCUT2D eigenvalue weighted by Crippen LogP contribution is -2.19. The number of rotatable bonds is 3. The standard InChI is InChI=1S/C13H12N2O2/c14-8-10-3-1-2-4-12(10)15-11-6-5-9(7-11)13(16)17/h1-6,9,11,15H,7H2,(H,16,17). The molecule has 0 fully saturated rings. The molecule has 0 aromatic heterocycles. The minimum Gasteiger partial charge on any atom is -0.481 e. The Hall–Kier alpha value is -2.28. The van der Waals surface area contributed by atoms with Crippen molar-refractivity contribution in [1.29, 1.82) is 5.26 Å². The number of nitrogens with zero attached hydrogens (tertiary/aromatic N) is 1. The summed E-state index contributed by atoms with van der Waals surface area (Å²) in [6, 6.07) is 9.27. The zero-order valence-corrected chi connectivity index (χ0v) is 9.13. The van der Waals surface area contributed by atoms with Gasteiger partial charge in [-0.25, -0.2) is 0 Å². The topological polar surface area (TPSA) is 73.1 Å². The molecular weight excluding hydrogens is 216 g/mol. The van der Waals surface area contributed by atoms with Gasteiger partial charge in [0.05, 0.1) is 17.2 Å². The van der Waals surface area contributed by atoms with Crippen molar-refractivity contribution in [3.8, 4) is 6.07 Å². The van der Waals surface area contributed by atoms with Crippen molar-refractivity contribution in [3.63, 3.8) is 0 Å². The monoisotopic (exact) mass is 228 g/mol.